The number of nitrogen functional groups attached to an aromatic ring is 1. The highest BCUT2D eigenvalue weighted by atomic mass is 35.5. The fourth-order valence-corrected chi connectivity index (χ4v) is 12.3. The molecule has 2 aliphatic heterocycles. The number of hydrogen-bond acceptors (Lipinski definition) is 20. The summed E-state index contributed by atoms with van der Waals surface area (Å²) < 4.78 is 22.9. The van der Waals surface area contributed by atoms with Gasteiger partial charge in [-0.3, -0.25) is 14.4 Å². The van der Waals surface area contributed by atoms with Crippen LogP contribution in [0.2, 0.25) is 30.5 Å². The normalized spacial score (nSPS) is 13.1. The Balaban J connectivity index is 0.000000175. The lowest BCUT2D eigenvalue weighted by Crippen LogP contribution is -2.30. The Morgan fingerprint density at radius 2 is 0.908 bits per heavy atom. The number of nitrogens with one attached hydrogen (secondary N) is 3. The third-order valence-corrected chi connectivity index (χ3v) is 17.3. The number of rotatable bonds is 14. The Morgan fingerprint density at radius 1 is 0.517 bits per heavy atom. The van der Waals surface area contributed by atoms with Gasteiger partial charge in [0.1, 0.15) is 50.4 Å². The molecule has 0 saturated carbocycles. The maximum atomic E-state index is 12.8. The Kier molecular flexibility index (Phi) is 24.8. The minimum absolute atomic E-state index is 0.0545. The Labute approximate surface area is 552 Å². The molecule has 5 N–H and O–H groups in total. The topological polar surface area (TPSA) is 233 Å². The van der Waals surface area contributed by atoms with Gasteiger partial charge < -0.3 is 26.6 Å². The molecule has 0 unspecified atom stereocenters. The van der Waals surface area contributed by atoms with Crippen molar-refractivity contribution in [3.8, 4) is 0 Å². The van der Waals surface area contributed by atoms with Gasteiger partial charge >= 0.3 is 0 Å². The first-order valence-corrected chi connectivity index (χ1v) is 32.1. The van der Waals surface area contributed by atoms with Crippen molar-refractivity contribution >= 4 is 154 Å². The van der Waals surface area contributed by atoms with Gasteiger partial charge in [-0.15, -0.1) is 0 Å². The van der Waals surface area contributed by atoms with E-state index >= 15 is 0 Å². The molecule has 17 nitrogen and oxygen atoms in total. The van der Waals surface area contributed by atoms with Crippen LogP contribution in [0.5, 0.6) is 0 Å². The summed E-state index contributed by atoms with van der Waals surface area (Å²) in [6, 6.07) is 15.8. The first kappa shape index (κ1) is 63.7. The van der Waals surface area contributed by atoms with E-state index in [0.717, 1.165) is 52.3 Å². The highest BCUT2D eigenvalue weighted by Crippen LogP contribution is 2.30. The molecule has 87 heavy (non-hydrogen) atoms. The summed E-state index contributed by atoms with van der Waals surface area (Å²) in [5, 5.41) is 13.5. The minimum atomic E-state index is -0.0878. The van der Waals surface area contributed by atoms with E-state index in [9.17, 15) is 14.4 Å². The van der Waals surface area contributed by atoms with E-state index < -0.39 is 0 Å². The molecule has 2 saturated heterocycles. The third kappa shape index (κ3) is 21.8. The Morgan fingerprint density at radius 3 is 1.29 bits per heavy atom. The van der Waals surface area contributed by atoms with Gasteiger partial charge in [0.2, 0.25) is 0 Å². The van der Waals surface area contributed by atoms with Crippen LogP contribution in [0.4, 0.5) is 32.8 Å². The third-order valence-electron chi connectivity index (χ3n) is 13.0. The molecule has 0 spiro atoms. The highest BCUT2D eigenvalue weighted by Gasteiger charge is 2.19. The first-order valence-electron chi connectivity index (χ1n) is 28.9. The van der Waals surface area contributed by atoms with Gasteiger partial charge in [-0.05, 0) is 138 Å². The summed E-state index contributed by atoms with van der Waals surface area (Å²) in [5.74, 6) is 3.73. The lowest BCUT2D eigenvalue weighted by molar-refractivity contribution is 0.0988. The molecule has 26 heteroatoms. The lowest BCUT2D eigenvalue weighted by atomic mass is 10.0. The second kappa shape index (κ2) is 33.9. The van der Waals surface area contributed by atoms with Crippen LogP contribution in [0.25, 0.3) is 0 Å². The number of piperidine rings is 2. The second-order valence-corrected chi connectivity index (χ2v) is 25.3. The molecule has 0 atom stereocenters. The molecule has 8 heterocycles. The molecule has 0 radical (unpaired) electrons. The number of carbonyl (C=O) groups is 3. The van der Waals surface area contributed by atoms with Gasteiger partial charge in [-0.25, -0.2) is 44.9 Å². The molecular weight excluding hydrogens is 1290 g/mol. The van der Waals surface area contributed by atoms with Crippen molar-refractivity contribution in [2.45, 2.75) is 99.3 Å². The van der Waals surface area contributed by atoms with Crippen LogP contribution >= 0.6 is 104 Å². The van der Waals surface area contributed by atoms with E-state index in [1.54, 1.807) is 50.4 Å². The molecule has 3 aromatic carbocycles. The van der Waals surface area contributed by atoms with Gasteiger partial charge in [0, 0.05) is 65.6 Å². The second-order valence-electron chi connectivity index (χ2n) is 19.8. The van der Waals surface area contributed by atoms with Crippen LogP contribution in [-0.4, -0.2) is 88.4 Å². The molecule has 0 amide bonds. The van der Waals surface area contributed by atoms with Gasteiger partial charge in [0.25, 0.3) is 0 Å². The summed E-state index contributed by atoms with van der Waals surface area (Å²) in [6.45, 7) is 15.4. The zero-order valence-electron chi connectivity index (χ0n) is 51.4. The summed E-state index contributed by atoms with van der Waals surface area (Å²) in [5.41, 5.74) is 10.2. The fraction of sp³-hybridized carbons (Fsp3) is 0.311. The molecule has 0 aliphatic carbocycles. The molecule has 2 aliphatic rings. The van der Waals surface area contributed by atoms with Crippen LogP contribution < -0.4 is 26.6 Å². The van der Waals surface area contributed by atoms with Gasteiger partial charge in [0.15, 0.2) is 32.7 Å². The minimum Gasteiger partial charge on any atom is -0.375 e. The van der Waals surface area contributed by atoms with Crippen LogP contribution in [0, 0.1) is 41.5 Å². The number of nitrogens with zero attached hydrogens (tertiary/aromatic N) is 10. The monoisotopic (exact) mass is 1350 g/mol. The number of hydrogen-bond donors (Lipinski definition) is 4. The van der Waals surface area contributed by atoms with Crippen LogP contribution in [0.1, 0.15) is 123 Å². The Hall–Kier alpha value is -6.30. The van der Waals surface area contributed by atoms with Gasteiger partial charge in [-0.2, -0.15) is 0 Å². The molecule has 11 rings (SSSR count). The highest BCUT2D eigenvalue weighted by molar-refractivity contribution is 7.18. The standard InChI is InChI=1S/C22H24ClN5OS.C17H14Cl2N4OS.C12H11ClN2OS.C5H4Cl2N2.C5H11N/c1-14-7-6-8-17(23)16(14)11-18(29)19-13-24-22(30-19)27-20-12-21(26-15(2)25-20)28-9-4-3-5-10-28;1-9-4-3-5-12(18)11(9)6-13(24)14-8-20-17(25-14)23-16-7-15(19)21-10(2)22-16;1-7-3-2-4-9(13)8(7)5-10(16)11-6-15-12(14)17-11;1-3-8-4(6)2-5(7)9-3;1-2-4-6-5-3-1/h6-8,12-13H,3-5,9-11H2,1-2H3,(H,24,25,26,27);3-5,7-8H,6H2,1-2H3,(H,20,21,22,23);2-4,6H,5H2,1H3,(H2,14,15);2H,1H3;6H,1-5H2/i6D;3D;2D;;. The Bertz CT molecular complexity index is 3830. The van der Waals surface area contributed by atoms with E-state index in [-0.39, 0.29) is 36.6 Å². The van der Waals surface area contributed by atoms with Gasteiger partial charge in [-0.1, -0.05) is 146 Å². The number of benzene rings is 3. The number of carbonyl (C=O) groups excluding carboxylic acids is 3. The summed E-state index contributed by atoms with van der Waals surface area (Å²) in [7, 11) is 0. The van der Waals surface area contributed by atoms with E-state index in [1.807, 2.05) is 33.8 Å². The van der Waals surface area contributed by atoms with Crippen molar-refractivity contribution in [3.63, 3.8) is 0 Å². The molecule has 2 fully saturated rings. The van der Waals surface area contributed by atoms with Crippen LogP contribution in [0.15, 0.2) is 91.3 Å². The molecule has 456 valence electrons. The summed E-state index contributed by atoms with van der Waals surface area (Å²) in [6.07, 6.45) is 13.0. The van der Waals surface area contributed by atoms with Crippen molar-refractivity contribution in [3.05, 3.63) is 187 Å². The lowest BCUT2D eigenvalue weighted by Gasteiger charge is -2.28. The molecular formula is C61H64Cl6N14O3S3. The van der Waals surface area contributed by atoms with Crippen molar-refractivity contribution in [2.24, 2.45) is 0 Å². The van der Waals surface area contributed by atoms with Crippen molar-refractivity contribution < 1.29 is 18.5 Å². The molecule has 6 aromatic heterocycles. The maximum Gasteiger partial charge on any atom is 0.188 e. The van der Waals surface area contributed by atoms with Crippen LogP contribution in [0.3, 0.4) is 0 Å². The first-order chi connectivity index (χ1) is 42.8. The number of thiazole rings is 3. The quantitative estimate of drug-likeness (QED) is 0.0585. The van der Waals surface area contributed by atoms with Crippen molar-refractivity contribution in [1.82, 2.24) is 50.2 Å². The van der Waals surface area contributed by atoms with Crippen molar-refractivity contribution in [2.75, 3.05) is 47.4 Å². The zero-order chi connectivity index (χ0) is 65.2. The fourth-order valence-electron chi connectivity index (χ4n) is 8.57. The number of Topliss-reactive ketones (excluding diaryl/α,β-unsaturated/α-hetero) is 3. The van der Waals surface area contributed by atoms with Crippen molar-refractivity contribution in [1.29, 1.82) is 0 Å². The van der Waals surface area contributed by atoms with E-state index in [4.69, 9.17) is 79.5 Å². The average molecular weight is 1350 g/mol. The van der Waals surface area contributed by atoms with Crippen LogP contribution in [-0.2, 0) is 19.3 Å². The predicted octanol–water partition coefficient (Wildman–Crippen LogP) is 16.4. The summed E-state index contributed by atoms with van der Waals surface area (Å²) in [4.78, 5) is 78.6. The van der Waals surface area contributed by atoms with E-state index in [1.165, 1.54) is 116 Å². The SMILES string of the molecule is C1CCNCC1.Cc1nc(Cl)cc(Cl)n1.[2H]c1cc(C)c(CC(=O)c2cnc(N)s2)c(Cl)c1.[2H]c1cc(C)c(CC(=O)c2cnc(Nc3cc(Cl)nc(C)n3)s2)c(Cl)c1.[2H]c1cc(C)c(CC(=O)c2cnc(Nc3cc(N4CCCCC4)nc(C)n3)s2)c(Cl)c1. The van der Waals surface area contributed by atoms with Gasteiger partial charge in [0.05, 0.1) is 37.3 Å². The number of nitrogens with two attached hydrogens (primary N) is 1. The predicted molar refractivity (Wildman–Crippen MR) is 358 cm³/mol. The average Bonchev–Trinajstić information content (AvgIpc) is 3.03. The zero-order valence-corrected chi connectivity index (χ0v) is 55.4. The number of ketones is 3. The largest absolute Gasteiger partial charge is 0.375 e. The van der Waals surface area contributed by atoms with E-state index in [0.29, 0.717) is 108 Å². The van der Waals surface area contributed by atoms with E-state index in [2.05, 4.69) is 65.7 Å². The number of aryl methyl sites for hydroxylation is 6. The number of anilines is 6. The summed E-state index contributed by atoms with van der Waals surface area (Å²) >= 11 is 39.1. The smallest absolute Gasteiger partial charge is 0.188 e. The number of aromatic nitrogens is 9. The molecule has 0 bridgehead atoms. The maximum absolute atomic E-state index is 12.8. The number of halogens is 6. The molecule has 9 aromatic rings.